The maximum absolute atomic E-state index is 12.4. The number of aryl methyl sites for hydroxylation is 3. The smallest absolute Gasteiger partial charge is 0.328 e. The molecule has 2 aromatic heterocycles. The third kappa shape index (κ3) is 5.76. The third-order valence-corrected chi connectivity index (χ3v) is 7.69. The maximum Gasteiger partial charge on any atom is 0.328 e. The Morgan fingerprint density at radius 1 is 1.08 bits per heavy atom. The van der Waals surface area contributed by atoms with E-state index < -0.39 is 16.1 Å². The molecule has 0 aliphatic rings. The molecule has 194 valence electrons. The molecule has 0 bridgehead atoms. The zero-order valence-electron chi connectivity index (χ0n) is 20.9. The average Bonchev–Trinajstić information content (AvgIpc) is 3.23. The lowest BCUT2D eigenvalue weighted by atomic mass is 10.1. The van der Waals surface area contributed by atoms with E-state index in [4.69, 9.17) is 27.3 Å². The lowest BCUT2D eigenvalue weighted by molar-refractivity contribution is 0.246. The van der Waals surface area contributed by atoms with Gasteiger partial charge in [0, 0.05) is 30.2 Å². The number of aromatic nitrogens is 3. The quantitative estimate of drug-likeness (QED) is 0.310. The van der Waals surface area contributed by atoms with Crippen molar-refractivity contribution < 1.29 is 13.2 Å². The molecule has 0 radical (unpaired) electrons. The van der Waals surface area contributed by atoms with E-state index in [0.29, 0.717) is 18.0 Å². The van der Waals surface area contributed by atoms with Crippen LogP contribution in [-0.2, 0) is 29.4 Å². The van der Waals surface area contributed by atoms with Crippen molar-refractivity contribution >= 4 is 38.8 Å². The normalized spacial score (nSPS) is 11.6. The van der Waals surface area contributed by atoms with Crippen LogP contribution < -0.4 is 15.8 Å². The molecule has 0 unspecified atom stereocenters. The van der Waals surface area contributed by atoms with Crippen LogP contribution in [0.25, 0.3) is 16.9 Å². The lowest BCUT2D eigenvalue weighted by Crippen LogP contribution is -2.40. The standard InChI is InChI=1S/C26H29ClN6O3S/c1-4-23-31-24-16(2)13-17(3)30-25(24)33(23)20-8-7-19(22(27)14-20)11-12-29-26(34)32-37(35,36)21-9-5-18(15-28)6-10-21/h5-10,13-14H,4,11-12,15,28H2,1-3H3,(H2,29,32,34). The van der Waals surface area contributed by atoms with Gasteiger partial charge in [0.25, 0.3) is 10.0 Å². The zero-order valence-corrected chi connectivity index (χ0v) is 22.4. The van der Waals surface area contributed by atoms with Gasteiger partial charge in [-0.3, -0.25) is 4.57 Å². The average molecular weight is 541 g/mol. The Hall–Kier alpha value is -3.47. The van der Waals surface area contributed by atoms with Crippen molar-refractivity contribution in [3.05, 3.63) is 81.8 Å². The minimum absolute atomic E-state index is 0.0168. The fourth-order valence-electron chi connectivity index (χ4n) is 4.12. The van der Waals surface area contributed by atoms with Crippen LogP contribution in [0.15, 0.2) is 53.4 Å². The molecular formula is C26H29ClN6O3S. The Labute approximate surface area is 221 Å². The fraction of sp³-hybridized carbons (Fsp3) is 0.269. The Morgan fingerprint density at radius 3 is 2.46 bits per heavy atom. The number of pyridine rings is 1. The molecule has 4 N–H and O–H groups in total. The number of nitrogens with zero attached hydrogens (tertiary/aromatic N) is 3. The van der Waals surface area contributed by atoms with E-state index in [1.807, 2.05) is 54.3 Å². The van der Waals surface area contributed by atoms with Crippen LogP contribution >= 0.6 is 11.6 Å². The number of carbonyl (C=O) groups excluding carboxylic acids is 1. The summed E-state index contributed by atoms with van der Waals surface area (Å²) in [5.74, 6) is 0.886. The molecule has 0 atom stereocenters. The van der Waals surface area contributed by atoms with Crippen LogP contribution in [0.4, 0.5) is 4.79 Å². The van der Waals surface area contributed by atoms with Gasteiger partial charge in [0.2, 0.25) is 0 Å². The molecule has 4 aromatic rings. The van der Waals surface area contributed by atoms with Crippen LogP contribution in [0, 0.1) is 13.8 Å². The van der Waals surface area contributed by atoms with E-state index >= 15 is 0 Å². The van der Waals surface area contributed by atoms with E-state index in [-0.39, 0.29) is 11.4 Å². The molecule has 4 rings (SSSR count). The van der Waals surface area contributed by atoms with Crippen molar-refractivity contribution in [2.75, 3.05) is 6.54 Å². The number of rotatable bonds is 8. The molecule has 2 amide bonds. The van der Waals surface area contributed by atoms with Crippen LogP contribution in [0.2, 0.25) is 5.02 Å². The lowest BCUT2D eigenvalue weighted by Gasteiger charge is -2.12. The van der Waals surface area contributed by atoms with Gasteiger partial charge < -0.3 is 11.1 Å². The molecule has 11 heteroatoms. The molecule has 2 heterocycles. The molecule has 0 aliphatic heterocycles. The number of sulfonamides is 1. The van der Waals surface area contributed by atoms with E-state index in [9.17, 15) is 13.2 Å². The first-order valence-electron chi connectivity index (χ1n) is 11.9. The van der Waals surface area contributed by atoms with Gasteiger partial charge in [0.15, 0.2) is 5.65 Å². The first kappa shape index (κ1) is 26.6. The number of carbonyl (C=O) groups is 1. The fourth-order valence-corrected chi connectivity index (χ4v) is 5.32. The third-order valence-electron chi connectivity index (χ3n) is 5.99. The summed E-state index contributed by atoms with van der Waals surface area (Å²) in [5.41, 5.74) is 11.6. The van der Waals surface area contributed by atoms with E-state index in [0.717, 1.165) is 51.5 Å². The van der Waals surface area contributed by atoms with Gasteiger partial charge >= 0.3 is 6.03 Å². The van der Waals surface area contributed by atoms with Gasteiger partial charge in [-0.1, -0.05) is 36.7 Å². The molecule has 37 heavy (non-hydrogen) atoms. The summed E-state index contributed by atoms with van der Waals surface area (Å²) in [6.45, 7) is 6.52. The Morgan fingerprint density at radius 2 is 1.81 bits per heavy atom. The Balaban J connectivity index is 1.44. The number of hydrogen-bond donors (Lipinski definition) is 3. The van der Waals surface area contributed by atoms with Crippen LogP contribution in [0.1, 0.15) is 35.1 Å². The summed E-state index contributed by atoms with van der Waals surface area (Å²) in [5, 5.41) is 3.10. The molecule has 0 spiro atoms. The molecule has 0 aliphatic carbocycles. The predicted octanol–water partition coefficient (Wildman–Crippen LogP) is 3.94. The molecule has 0 fully saturated rings. The first-order chi connectivity index (χ1) is 17.6. The van der Waals surface area contributed by atoms with Crippen LogP contribution in [0.5, 0.6) is 0 Å². The maximum atomic E-state index is 12.4. The van der Waals surface area contributed by atoms with Gasteiger partial charge in [-0.15, -0.1) is 0 Å². The van der Waals surface area contributed by atoms with Crippen molar-refractivity contribution in [2.24, 2.45) is 5.73 Å². The van der Waals surface area contributed by atoms with Crippen molar-refractivity contribution in [1.82, 2.24) is 24.6 Å². The number of urea groups is 1. The highest BCUT2D eigenvalue weighted by atomic mass is 35.5. The second kappa shape index (κ2) is 10.9. The van der Waals surface area contributed by atoms with Gasteiger partial charge in [-0.25, -0.2) is 27.9 Å². The highest BCUT2D eigenvalue weighted by Gasteiger charge is 2.18. The number of amides is 2. The number of nitrogens with two attached hydrogens (primary N) is 1. The van der Waals surface area contributed by atoms with Crippen molar-refractivity contribution in [3.63, 3.8) is 0 Å². The van der Waals surface area contributed by atoms with Crippen LogP contribution in [-0.4, -0.2) is 35.5 Å². The summed E-state index contributed by atoms with van der Waals surface area (Å²) in [6, 6.07) is 12.9. The SMILES string of the molecule is CCc1nc2c(C)cc(C)nc2n1-c1ccc(CCNC(=O)NS(=O)(=O)c2ccc(CN)cc2)c(Cl)c1. The summed E-state index contributed by atoms with van der Waals surface area (Å²) in [7, 11) is -3.99. The minimum atomic E-state index is -3.99. The van der Waals surface area contributed by atoms with E-state index in [1.165, 1.54) is 12.1 Å². The van der Waals surface area contributed by atoms with Gasteiger partial charge in [0.05, 0.1) is 10.6 Å². The second-order valence-electron chi connectivity index (χ2n) is 8.70. The van der Waals surface area contributed by atoms with Crippen molar-refractivity contribution in [3.8, 4) is 5.69 Å². The molecular weight excluding hydrogens is 512 g/mol. The van der Waals surface area contributed by atoms with Gasteiger partial charge in [0.1, 0.15) is 11.3 Å². The number of halogens is 1. The first-order valence-corrected chi connectivity index (χ1v) is 13.7. The van der Waals surface area contributed by atoms with Gasteiger partial charge in [-0.05, 0) is 67.3 Å². The number of imidazole rings is 1. The van der Waals surface area contributed by atoms with Gasteiger partial charge in [-0.2, -0.15) is 0 Å². The molecule has 2 aromatic carbocycles. The summed E-state index contributed by atoms with van der Waals surface area (Å²) < 4.78 is 28.9. The molecule has 0 saturated carbocycles. The van der Waals surface area contributed by atoms with Crippen molar-refractivity contribution in [1.29, 1.82) is 0 Å². The number of nitrogens with one attached hydrogen (secondary N) is 2. The number of hydrogen-bond acceptors (Lipinski definition) is 6. The van der Waals surface area contributed by atoms with Crippen LogP contribution in [0.3, 0.4) is 0 Å². The Bertz CT molecular complexity index is 1570. The second-order valence-corrected chi connectivity index (χ2v) is 10.8. The molecule has 0 saturated heterocycles. The van der Waals surface area contributed by atoms with E-state index in [1.54, 1.807) is 12.1 Å². The Kier molecular flexibility index (Phi) is 7.82. The predicted molar refractivity (Wildman–Crippen MR) is 144 cm³/mol. The molecule has 9 nitrogen and oxygen atoms in total. The topological polar surface area (TPSA) is 132 Å². The summed E-state index contributed by atoms with van der Waals surface area (Å²) in [6.07, 6.45) is 1.15. The monoisotopic (exact) mass is 540 g/mol. The van der Waals surface area contributed by atoms with Crippen molar-refractivity contribution in [2.45, 2.75) is 45.1 Å². The highest BCUT2D eigenvalue weighted by Crippen LogP contribution is 2.27. The number of benzene rings is 2. The number of fused-ring (bicyclic) bond motifs is 1. The minimum Gasteiger partial charge on any atom is -0.337 e. The summed E-state index contributed by atoms with van der Waals surface area (Å²) in [4.78, 5) is 21.7. The largest absolute Gasteiger partial charge is 0.337 e. The zero-order chi connectivity index (χ0) is 26.7. The van der Waals surface area contributed by atoms with E-state index in [2.05, 4.69) is 5.32 Å². The highest BCUT2D eigenvalue weighted by molar-refractivity contribution is 7.90. The summed E-state index contributed by atoms with van der Waals surface area (Å²) >= 11 is 6.59.